The molecule has 4 heterocycles. The van der Waals surface area contributed by atoms with Gasteiger partial charge in [0.2, 0.25) is 0 Å². The zero-order valence-corrected chi connectivity index (χ0v) is 15.0. The number of halogens is 2. The largest absolute Gasteiger partial charge is 0.363 e. The molecule has 1 aliphatic heterocycles. The van der Waals surface area contributed by atoms with Gasteiger partial charge in [0.25, 0.3) is 0 Å². The molecule has 0 aliphatic carbocycles. The third-order valence-corrected chi connectivity index (χ3v) is 4.76. The average Bonchev–Trinajstić information content (AvgIpc) is 3.07. The van der Waals surface area contributed by atoms with E-state index in [1.807, 2.05) is 0 Å². The number of hydrogen-bond acceptors (Lipinski definition) is 5. The van der Waals surface area contributed by atoms with Gasteiger partial charge in [-0.15, -0.1) is 0 Å². The van der Waals surface area contributed by atoms with E-state index >= 15 is 0 Å². The molecule has 140 valence electrons. The Bertz CT molecular complexity index is 1010. The number of piperidine rings is 1. The monoisotopic (exact) mass is 389 g/mol. The number of carbonyl (C=O) groups excluding carboxylic acids is 1. The summed E-state index contributed by atoms with van der Waals surface area (Å²) in [6.45, 7) is 1.01. The van der Waals surface area contributed by atoms with Crippen LogP contribution in [0.3, 0.4) is 0 Å². The lowest BCUT2D eigenvalue weighted by Gasteiger charge is -2.32. The van der Waals surface area contributed by atoms with Crippen LogP contribution < -0.4 is 11.1 Å². The maximum Gasteiger partial charge on any atom is 0.314 e. The summed E-state index contributed by atoms with van der Waals surface area (Å²) in [4.78, 5) is 28.6. The number of anilines is 1. The molecule has 1 aliphatic rings. The van der Waals surface area contributed by atoms with Crippen LogP contribution in [-0.2, 0) is 0 Å². The number of likely N-dealkylation sites (tertiary alicyclic amines) is 1. The molecule has 8 nitrogen and oxygen atoms in total. The second kappa shape index (κ2) is 6.99. The molecule has 27 heavy (non-hydrogen) atoms. The smallest absolute Gasteiger partial charge is 0.314 e. The Balaban J connectivity index is 1.63. The highest BCUT2D eigenvalue weighted by Crippen LogP contribution is 2.28. The van der Waals surface area contributed by atoms with Gasteiger partial charge < -0.3 is 20.9 Å². The summed E-state index contributed by atoms with van der Waals surface area (Å²) >= 11 is 6.03. The van der Waals surface area contributed by atoms with Crippen LogP contribution in [0.5, 0.6) is 0 Å². The molecule has 0 saturated carbocycles. The predicted octanol–water partition coefficient (Wildman–Crippen LogP) is 2.77. The molecule has 2 amide bonds. The quantitative estimate of drug-likeness (QED) is 0.637. The number of H-pyrrole nitrogens is 1. The van der Waals surface area contributed by atoms with Crippen molar-refractivity contribution in [3.8, 4) is 11.4 Å². The molecule has 1 fully saturated rings. The van der Waals surface area contributed by atoms with E-state index in [1.165, 1.54) is 11.1 Å². The minimum absolute atomic E-state index is 0.0839. The van der Waals surface area contributed by atoms with Crippen LogP contribution in [0.15, 0.2) is 24.7 Å². The number of aromatic amines is 1. The molecule has 10 heteroatoms. The van der Waals surface area contributed by atoms with Gasteiger partial charge in [-0.05, 0) is 18.9 Å². The van der Waals surface area contributed by atoms with Crippen molar-refractivity contribution < 1.29 is 9.18 Å². The molecule has 1 atom stereocenters. The van der Waals surface area contributed by atoms with Crippen molar-refractivity contribution in [1.82, 2.24) is 24.8 Å². The fraction of sp³-hybridized carbons (Fsp3) is 0.294. The van der Waals surface area contributed by atoms with E-state index in [1.54, 1.807) is 12.3 Å². The Morgan fingerprint density at radius 2 is 2.26 bits per heavy atom. The predicted molar refractivity (Wildman–Crippen MR) is 99.9 cm³/mol. The van der Waals surface area contributed by atoms with Crippen molar-refractivity contribution in [3.63, 3.8) is 0 Å². The third-order valence-electron chi connectivity index (χ3n) is 4.56. The maximum absolute atomic E-state index is 14.3. The van der Waals surface area contributed by atoms with Gasteiger partial charge in [0.15, 0.2) is 17.5 Å². The first-order valence-corrected chi connectivity index (χ1v) is 8.85. The number of urea groups is 1. The van der Waals surface area contributed by atoms with Crippen LogP contribution in [0, 0.1) is 5.82 Å². The van der Waals surface area contributed by atoms with Crippen LogP contribution in [0.4, 0.5) is 15.0 Å². The van der Waals surface area contributed by atoms with Gasteiger partial charge in [-0.25, -0.2) is 24.1 Å². The molecule has 4 N–H and O–H groups in total. The Kier molecular flexibility index (Phi) is 4.53. The van der Waals surface area contributed by atoms with Crippen LogP contribution in [0.2, 0.25) is 5.02 Å². The fourth-order valence-electron chi connectivity index (χ4n) is 3.25. The zero-order chi connectivity index (χ0) is 19.0. The summed E-state index contributed by atoms with van der Waals surface area (Å²) in [6.07, 6.45) is 5.94. The molecule has 0 spiro atoms. The van der Waals surface area contributed by atoms with E-state index in [-0.39, 0.29) is 11.9 Å². The molecule has 0 aromatic carbocycles. The van der Waals surface area contributed by atoms with Crippen LogP contribution >= 0.6 is 11.6 Å². The first-order valence-electron chi connectivity index (χ1n) is 8.47. The standard InChI is InChI=1S/C17H17ClFN7O/c18-9-4-11-12(6-22-14(11)21-5-9)15-23-7-13(19)16(25-15)24-10-2-1-3-26(8-10)17(20)27/h4-7,10H,1-3,8H2,(H2,20,27)(H,21,22)(H,23,24,25)/t10-/m0/s1. The van der Waals surface area contributed by atoms with Crippen LogP contribution in [0.1, 0.15) is 12.8 Å². The number of nitrogens with zero attached hydrogens (tertiary/aromatic N) is 4. The van der Waals surface area contributed by atoms with Gasteiger partial charge in [-0.1, -0.05) is 11.6 Å². The highest BCUT2D eigenvalue weighted by Gasteiger charge is 2.23. The van der Waals surface area contributed by atoms with E-state index in [0.717, 1.165) is 24.4 Å². The second-order valence-electron chi connectivity index (χ2n) is 6.41. The summed E-state index contributed by atoms with van der Waals surface area (Å²) in [6, 6.07) is 1.14. The van der Waals surface area contributed by atoms with E-state index < -0.39 is 11.8 Å². The molecular weight excluding hydrogens is 373 g/mol. The number of fused-ring (bicyclic) bond motifs is 1. The van der Waals surface area contributed by atoms with Gasteiger partial charge in [-0.3, -0.25) is 0 Å². The molecule has 4 rings (SSSR count). The Morgan fingerprint density at radius 3 is 3.07 bits per heavy atom. The van der Waals surface area contributed by atoms with Gasteiger partial charge in [0.05, 0.1) is 11.2 Å². The maximum atomic E-state index is 14.3. The Morgan fingerprint density at radius 1 is 1.41 bits per heavy atom. The van der Waals surface area contributed by atoms with E-state index in [4.69, 9.17) is 17.3 Å². The lowest BCUT2D eigenvalue weighted by molar-refractivity contribution is 0.192. The summed E-state index contributed by atoms with van der Waals surface area (Å²) in [7, 11) is 0. The minimum atomic E-state index is -0.564. The highest BCUT2D eigenvalue weighted by atomic mass is 35.5. The van der Waals surface area contributed by atoms with Crippen LogP contribution in [0.25, 0.3) is 22.4 Å². The van der Waals surface area contributed by atoms with Gasteiger partial charge in [-0.2, -0.15) is 0 Å². The number of nitrogens with two attached hydrogens (primary N) is 1. The van der Waals surface area contributed by atoms with Gasteiger partial charge >= 0.3 is 6.03 Å². The molecule has 1 saturated heterocycles. The molecule has 3 aromatic rings. The Hall–Kier alpha value is -2.94. The first-order chi connectivity index (χ1) is 13.0. The second-order valence-corrected chi connectivity index (χ2v) is 6.85. The number of pyridine rings is 1. The van der Waals surface area contributed by atoms with Gasteiger partial charge in [0, 0.05) is 42.5 Å². The zero-order valence-electron chi connectivity index (χ0n) is 14.2. The van der Waals surface area contributed by atoms with Crippen molar-refractivity contribution in [2.45, 2.75) is 18.9 Å². The molecule has 0 bridgehead atoms. The number of nitrogens with one attached hydrogen (secondary N) is 2. The molecule has 0 radical (unpaired) electrons. The summed E-state index contributed by atoms with van der Waals surface area (Å²) in [5.74, 6) is -0.136. The summed E-state index contributed by atoms with van der Waals surface area (Å²) in [5.41, 5.74) is 6.66. The first kappa shape index (κ1) is 17.5. The number of primary amides is 1. The number of hydrogen-bond donors (Lipinski definition) is 3. The lowest BCUT2D eigenvalue weighted by Crippen LogP contribution is -2.47. The van der Waals surface area contributed by atoms with Crippen molar-refractivity contribution in [1.29, 1.82) is 0 Å². The number of rotatable bonds is 3. The normalized spacial score (nSPS) is 17.3. The number of amides is 2. The molecular formula is C17H17ClFN7O. The van der Waals surface area contributed by atoms with E-state index in [2.05, 4.69) is 25.3 Å². The number of carbonyl (C=O) groups is 1. The highest BCUT2D eigenvalue weighted by molar-refractivity contribution is 6.31. The van der Waals surface area contributed by atoms with Crippen LogP contribution in [-0.4, -0.2) is 50.0 Å². The number of aromatic nitrogens is 4. The molecule has 3 aromatic heterocycles. The van der Waals surface area contributed by atoms with E-state index in [9.17, 15) is 9.18 Å². The average molecular weight is 390 g/mol. The third kappa shape index (κ3) is 3.50. The molecule has 0 unspecified atom stereocenters. The lowest BCUT2D eigenvalue weighted by atomic mass is 10.1. The SMILES string of the molecule is NC(=O)N1CCC[C@H](Nc2nc(-c3c[nH]c4ncc(Cl)cc34)ncc2F)C1. The minimum Gasteiger partial charge on any atom is -0.363 e. The van der Waals surface area contributed by atoms with Crippen molar-refractivity contribution in [2.24, 2.45) is 5.73 Å². The summed E-state index contributed by atoms with van der Waals surface area (Å²) < 4.78 is 14.3. The van der Waals surface area contributed by atoms with Crippen molar-refractivity contribution >= 4 is 34.5 Å². The Labute approximate surface area is 159 Å². The fourth-order valence-corrected chi connectivity index (χ4v) is 3.41. The topological polar surface area (TPSA) is 113 Å². The summed E-state index contributed by atoms with van der Waals surface area (Å²) in [5, 5.41) is 4.30. The van der Waals surface area contributed by atoms with Gasteiger partial charge in [0.1, 0.15) is 5.65 Å². The van der Waals surface area contributed by atoms with Crippen molar-refractivity contribution in [3.05, 3.63) is 35.5 Å². The van der Waals surface area contributed by atoms with E-state index in [0.29, 0.717) is 35.1 Å². The van der Waals surface area contributed by atoms with Crippen molar-refractivity contribution in [2.75, 3.05) is 18.4 Å².